The lowest BCUT2D eigenvalue weighted by atomic mass is 9.87. The molecule has 2 nitrogen and oxygen atoms in total. The molecule has 1 N–H and O–H groups in total. The zero-order valence-electron chi connectivity index (χ0n) is 9.96. The van der Waals surface area contributed by atoms with Crippen molar-refractivity contribution in [3.8, 4) is 0 Å². The Morgan fingerprint density at radius 3 is 2.94 bits per heavy atom. The van der Waals surface area contributed by atoms with Gasteiger partial charge in [0.2, 0.25) is 0 Å². The van der Waals surface area contributed by atoms with E-state index in [2.05, 4.69) is 36.1 Å². The highest BCUT2D eigenvalue weighted by Crippen LogP contribution is 2.32. The molecule has 0 saturated carbocycles. The number of aryl methyl sites for hydroxylation is 1. The van der Waals surface area contributed by atoms with Gasteiger partial charge >= 0.3 is 0 Å². The lowest BCUT2D eigenvalue weighted by molar-refractivity contribution is 0.423. The van der Waals surface area contributed by atoms with E-state index < -0.39 is 0 Å². The summed E-state index contributed by atoms with van der Waals surface area (Å²) >= 11 is 0. The Hall–Kier alpha value is -1.33. The number of rotatable bonds is 2. The molecule has 16 heavy (non-hydrogen) atoms. The summed E-state index contributed by atoms with van der Waals surface area (Å²) in [6.45, 7) is 11.4. The van der Waals surface area contributed by atoms with Crippen molar-refractivity contribution >= 4 is 5.69 Å². The Bertz CT molecular complexity index is 415. The van der Waals surface area contributed by atoms with Gasteiger partial charge in [0.05, 0.1) is 6.57 Å². The van der Waals surface area contributed by atoms with Gasteiger partial charge in [0, 0.05) is 12.1 Å². The fraction of sp³-hybridized carbons (Fsp3) is 0.500. The van der Waals surface area contributed by atoms with Crippen molar-refractivity contribution < 1.29 is 0 Å². The van der Waals surface area contributed by atoms with Crippen molar-refractivity contribution in [3.63, 3.8) is 0 Å². The minimum absolute atomic E-state index is 0.475. The number of hydrogen-bond acceptors (Lipinski definition) is 1. The molecule has 0 heterocycles. The zero-order chi connectivity index (χ0) is 11.5. The molecule has 1 aromatic rings. The Morgan fingerprint density at radius 1 is 1.44 bits per heavy atom. The molecular weight excluding hydrogens is 196 g/mol. The van der Waals surface area contributed by atoms with Gasteiger partial charge in [0.15, 0.2) is 5.69 Å². The Kier molecular flexibility index (Phi) is 3.26. The van der Waals surface area contributed by atoms with Crippen LogP contribution < -0.4 is 5.32 Å². The summed E-state index contributed by atoms with van der Waals surface area (Å²) in [7, 11) is 0. The molecule has 0 fully saturated rings. The van der Waals surface area contributed by atoms with Crippen LogP contribution in [0.3, 0.4) is 0 Å². The van der Waals surface area contributed by atoms with E-state index in [4.69, 9.17) is 6.57 Å². The highest BCUT2D eigenvalue weighted by atomic mass is 14.9. The van der Waals surface area contributed by atoms with Crippen LogP contribution in [0.5, 0.6) is 0 Å². The average Bonchev–Trinajstić information content (AvgIpc) is 2.28. The van der Waals surface area contributed by atoms with Crippen LogP contribution in [0.15, 0.2) is 18.2 Å². The molecule has 84 valence electrons. The van der Waals surface area contributed by atoms with Crippen LogP contribution in [0, 0.1) is 6.57 Å². The standard InChI is InChI=1S/C14H18N2/c1-10(2)16-14-6-4-5-11-9-12(15-3)7-8-13(11)14/h7-10,14,16H,4-6H2,1-2H3. The summed E-state index contributed by atoms with van der Waals surface area (Å²) in [4.78, 5) is 3.49. The van der Waals surface area contributed by atoms with E-state index in [1.165, 1.54) is 24.0 Å². The normalized spacial score (nSPS) is 19.2. The van der Waals surface area contributed by atoms with Gasteiger partial charge in [-0.15, -0.1) is 0 Å². The number of nitrogens with zero attached hydrogens (tertiary/aromatic N) is 1. The first kappa shape index (κ1) is 11.2. The number of hydrogen-bond donors (Lipinski definition) is 1. The van der Waals surface area contributed by atoms with Crippen LogP contribution in [0.1, 0.15) is 43.9 Å². The van der Waals surface area contributed by atoms with Gasteiger partial charge in [0.25, 0.3) is 0 Å². The smallest absolute Gasteiger partial charge is 0.187 e. The monoisotopic (exact) mass is 214 g/mol. The molecular formula is C14H18N2. The van der Waals surface area contributed by atoms with E-state index >= 15 is 0 Å². The molecule has 0 aromatic heterocycles. The Balaban J connectivity index is 2.29. The molecule has 1 unspecified atom stereocenters. The molecule has 0 spiro atoms. The summed E-state index contributed by atoms with van der Waals surface area (Å²) < 4.78 is 0. The molecule has 0 radical (unpaired) electrons. The predicted molar refractivity (Wildman–Crippen MR) is 66.7 cm³/mol. The average molecular weight is 214 g/mol. The van der Waals surface area contributed by atoms with Crippen molar-refractivity contribution in [3.05, 3.63) is 40.7 Å². The zero-order valence-corrected chi connectivity index (χ0v) is 9.96. The molecule has 0 bridgehead atoms. The van der Waals surface area contributed by atoms with Crippen LogP contribution in [-0.2, 0) is 6.42 Å². The van der Waals surface area contributed by atoms with E-state index in [9.17, 15) is 0 Å². The number of nitrogens with one attached hydrogen (secondary N) is 1. The quantitative estimate of drug-likeness (QED) is 0.744. The fourth-order valence-corrected chi connectivity index (χ4v) is 2.45. The highest BCUT2D eigenvalue weighted by molar-refractivity contribution is 5.50. The first-order valence-electron chi connectivity index (χ1n) is 5.97. The molecule has 0 aliphatic heterocycles. The first-order valence-corrected chi connectivity index (χ1v) is 5.97. The van der Waals surface area contributed by atoms with Crippen molar-refractivity contribution in [2.24, 2.45) is 0 Å². The van der Waals surface area contributed by atoms with Crippen LogP contribution in [0.25, 0.3) is 4.85 Å². The molecule has 1 aromatic carbocycles. The van der Waals surface area contributed by atoms with Crippen molar-refractivity contribution in [1.29, 1.82) is 0 Å². The minimum Gasteiger partial charge on any atom is -0.308 e. The number of benzene rings is 1. The van der Waals surface area contributed by atoms with Crippen molar-refractivity contribution in [2.45, 2.75) is 45.2 Å². The van der Waals surface area contributed by atoms with E-state index in [1.807, 2.05) is 6.07 Å². The molecule has 0 amide bonds. The van der Waals surface area contributed by atoms with Gasteiger partial charge in [-0.2, -0.15) is 0 Å². The summed E-state index contributed by atoms with van der Waals surface area (Å²) in [6, 6.07) is 7.10. The molecule has 0 saturated heterocycles. The topological polar surface area (TPSA) is 16.4 Å². The molecule has 1 aliphatic rings. The van der Waals surface area contributed by atoms with Gasteiger partial charge in [-0.3, -0.25) is 0 Å². The van der Waals surface area contributed by atoms with E-state index in [1.54, 1.807) is 0 Å². The Labute approximate surface area is 97.5 Å². The van der Waals surface area contributed by atoms with Crippen molar-refractivity contribution in [1.82, 2.24) is 5.32 Å². The SMILES string of the molecule is [C-]#[N+]c1ccc2c(c1)CCCC2NC(C)C. The van der Waals surface area contributed by atoms with Crippen LogP contribution >= 0.6 is 0 Å². The summed E-state index contributed by atoms with van der Waals surface area (Å²) in [5, 5.41) is 3.60. The van der Waals surface area contributed by atoms with Gasteiger partial charge < -0.3 is 5.32 Å². The minimum atomic E-state index is 0.475. The van der Waals surface area contributed by atoms with Gasteiger partial charge in [-0.05, 0) is 24.8 Å². The van der Waals surface area contributed by atoms with Gasteiger partial charge in [0.1, 0.15) is 0 Å². The van der Waals surface area contributed by atoms with Gasteiger partial charge in [-0.25, -0.2) is 4.85 Å². The maximum Gasteiger partial charge on any atom is 0.187 e. The van der Waals surface area contributed by atoms with E-state index in [0.29, 0.717) is 12.1 Å². The Morgan fingerprint density at radius 2 is 2.25 bits per heavy atom. The molecule has 1 atom stereocenters. The lowest BCUT2D eigenvalue weighted by Crippen LogP contribution is -2.30. The second kappa shape index (κ2) is 4.67. The van der Waals surface area contributed by atoms with Crippen molar-refractivity contribution in [2.75, 3.05) is 0 Å². The second-order valence-corrected chi connectivity index (χ2v) is 4.76. The van der Waals surface area contributed by atoms with Gasteiger partial charge in [-0.1, -0.05) is 37.6 Å². The second-order valence-electron chi connectivity index (χ2n) is 4.76. The van der Waals surface area contributed by atoms with E-state index in [0.717, 1.165) is 12.1 Å². The number of fused-ring (bicyclic) bond motifs is 1. The van der Waals surface area contributed by atoms with E-state index in [-0.39, 0.29) is 0 Å². The summed E-state index contributed by atoms with van der Waals surface area (Å²) in [6.07, 6.45) is 3.55. The molecule has 2 heteroatoms. The summed E-state index contributed by atoms with van der Waals surface area (Å²) in [5.41, 5.74) is 3.52. The van der Waals surface area contributed by atoms with Crippen LogP contribution in [-0.4, -0.2) is 6.04 Å². The first-order chi connectivity index (χ1) is 7.70. The maximum atomic E-state index is 7.03. The molecule has 2 rings (SSSR count). The fourth-order valence-electron chi connectivity index (χ4n) is 2.45. The summed E-state index contributed by atoms with van der Waals surface area (Å²) in [5.74, 6) is 0. The third-order valence-electron chi connectivity index (χ3n) is 3.10. The third kappa shape index (κ3) is 2.25. The third-order valence-corrected chi connectivity index (χ3v) is 3.10. The highest BCUT2D eigenvalue weighted by Gasteiger charge is 2.20. The predicted octanol–water partition coefficient (Wildman–Crippen LogP) is 3.61. The van der Waals surface area contributed by atoms with Crippen LogP contribution in [0.2, 0.25) is 0 Å². The maximum absolute atomic E-state index is 7.03. The largest absolute Gasteiger partial charge is 0.308 e. The lowest BCUT2D eigenvalue weighted by Gasteiger charge is -2.28. The molecule has 1 aliphatic carbocycles. The van der Waals surface area contributed by atoms with Crippen LogP contribution in [0.4, 0.5) is 5.69 Å².